The molecule has 104 valence electrons. The number of nitrogens with one attached hydrogen (secondary N) is 1. The van der Waals surface area contributed by atoms with E-state index < -0.39 is 11.6 Å². The van der Waals surface area contributed by atoms with E-state index in [1.807, 2.05) is 0 Å². The van der Waals surface area contributed by atoms with E-state index in [9.17, 15) is 18.7 Å². The first-order chi connectivity index (χ1) is 9.08. The smallest absolute Gasteiger partial charge is 0.224 e. The molecular formula is C14H17F2NO2. The van der Waals surface area contributed by atoms with Crippen LogP contribution in [0.25, 0.3) is 0 Å². The second-order valence-corrected chi connectivity index (χ2v) is 4.95. The maximum Gasteiger partial charge on any atom is 0.224 e. The van der Waals surface area contributed by atoms with Crippen LogP contribution in [0.5, 0.6) is 0 Å². The normalized spacial score (nSPS) is 22.5. The Bertz CT molecular complexity index is 465. The molecule has 1 aliphatic rings. The number of hydrogen-bond acceptors (Lipinski definition) is 2. The summed E-state index contributed by atoms with van der Waals surface area (Å²) in [5.74, 6) is -2.21. The van der Waals surface area contributed by atoms with Crippen molar-refractivity contribution >= 4 is 5.91 Å². The minimum atomic E-state index is -0.974. The topological polar surface area (TPSA) is 49.3 Å². The number of amides is 1. The molecule has 0 heterocycles. The summed E-state index contributed by atoms with van der Waals surface area (Å²) in [6.07, 6.45) is 2.05. The fourth-order valence-electron chi connectivity index (χ4n) is 2.42. The maximum atomic E-state index is 13.4. The first-order valence-corrected chi connectivity index (χ1v) is 6.45. The van der Waals surface area contributed by atoms with Crippen molar-refractivity contribution in [2.45, 2.75) is 31.8 Å². The van der Waals surface area contributed by atoms with Gasteiger partial charge in [0.2, 0.25) is 5.91 Å². The Morgan fingerprint density at radius 2 is 2.16 bits per heavy atom. The third-order valence-electron chi connectivity index (χ3n) is 3.56. The lowest BCUT2D eigenvalue weighted by atomic mass is 10.1. The number of rotatable bonds is 4. The summed E-state index contributed by atoms with van der Waals surface area (Å²) in [4.78, 5) is 11.7. The molecule has 0 saturated heterocycles. The quantitative estimate of drug-likeness (QED) is 0.875. The van der Waals surface area contributed by atoms with Crippen LogP contribution >= 0.6 is 0 Å². The molecule has 1 saturated carbocycles. The summed E-state index contributed by atoms with van der Waals surface area (Å²) in [6.45, 7) is 0.386. The summed E-state index contributed by atoms with van der Waals surface area (Å²) in [5.41, 5.74) is 0.0458. The highest BCUT2D eigenvalue weighted by Gasteiger charge is 2.25. The summed E-state index contributed by atoms with van der Waals surface area (Å²) < 4.78 is 26.3. The molecule has 1 fully saturated rings. The van der Waals surface area contributed by atoms with Gasteiger partial charge in [-0.25, -0.2) is 8.78 Å². The number of hydrogen-bond donors (Lipinski definition) is 2. The van der Waals surface area contributed by atoms with Gasteiger partial charge in [0.15, 0.2) is 11.6 Å². The molecule has 1 amide bonds. The SMILES string of the molecule is O=C(Cc1cccc(F)c1F)NCC1CCCC1O. The molecule has 0 aliphatic heterocycles. The van der Waals surface area contributed by atoms with Crippen molar-refractivity contribution < 1.29 is 18.7 Å². The number of carbonyl (C=O) groups excluding carboxylic acids is 1. The standard InChI is InChI=1S/C14H17F2NO2/c15-11-5-1-3-9(14(11)16)7-13(19)17-8-10-4-2-6-12(10)18/h1,3,5,10,12,18H,2,4,6-8H2,(H,17,19). The van der Waals surface area contributed by atoms with Crippen LogP contribution in [0.1, 0.15) is 24.8 Å². The molecule has 0 spiro atoms. The van der Waals surface area contributed by atoms with Crippen molar-refractivity contribution in [2.24, 2.45) is 5.92 Å². The largest absolute Gasteiger partial charge is 0.393 e. The van der Waals surface area contributed by atoms with Crippen molar-refractivity contribution in [1.82, 2.24) is 5.32 Å². The predicted molar refractivity (Wildman–Crippen MR) is 66.4 cm³/mol. The third kappa shape index (κ3) is 3.50. The van der Waals surface area contributed by atoms with Gasteiger partial charge in [0.25, 0.3) is 0 Å². The number of aliphatic hydroxyl groups is 1. The Morgan fingerprint density at radius 1 is 1.37 bits per heavy atom. The molecule has 2 rings (SSSR count). The Balaban J connectivity index is 1.85. The van der Waals surface area contributed by atoms with Crippen LogP contribution in [0, 0.1) is 17.6 Å². The van der Waals surface area contributed by atoms with Crippen LogP contribution in [0.3, 0.4) is 0 Å². The maximum absolute atomic E-state index is 13.4. The van der Waals surface area contributed by atoms with Crippen LogP contribution in [0.2, 0.25) is 0 Å². The molecule has 0 bridgehead atoms. The van der Waals surface area contributed by atoms with E-state index in [0.717, 1.165) is 25.3 Å². The average molecular weight is 269 g/mol. The van der Waals surface area contributed by atoms with Crippen molar-refractivity contribution in [3.8, 4) is 0 Å². The zero-order valence-corrected chi connectivity index (χ0v) is 10.5. The minimum Gasteiger partial charge on any atom is -0.393 e. The number of halogens is 2. The van der Waals surface area contributed by atoms with Gasteiger partial charge < -0.3 is 10.4 Å². The van der Waals surface area contributed by atoms with E-state index in [0.29, 0.717) is 6.54 Å². The van der Waals surface area contributed by atoms with Crippen LogP contribution in [0.15, 0.2) is 18.2 Å². The highest BCUT2D eigenvalue weighted by atomic mass is 19.2. The molecule has 3 nitrogen and oxygen atoms in total. The molecule has 1 aromatic rings. The Kier molecular flexibility index (Phi) is 4.47. The average Bonchev–Trinajstić information content (AvgIpc) is 2.78. The Hall–Kier alpha value is -1.49. The van der Waals surface area contributed by atoms with Crippen molar-refractivity contribution in [1.29, 1.82) is 0 Å². The van der Waals surface area contributed by atoms with Gasteiger partial charge in [-0.15, -0.1) is 0 Å². The monoisotopic (exact) mass is 269 g/mol. The minimum absolute atomic E-state index is 0.0458. The van der Waals surface area contributed by atoms with Crippen LogP contribution in [0.4, 0.5) is 8.78 Å². The zero-order valence-electron chi connectivity index (χ0n) is 10.5. The second kappa shape index (κ2) is 6.10. The van der Waals surface area contributed by atoms with Gasteiger partial charge in [-0.05, 0) is 18.9 Å². The summed E-state index contributed by atoms with van der Waals surface area (Å²) in [7, 11) is 0. The molecule has 2 atom stereocenters. The first-order valence-electron chi connectivity index (χ1n) is 6.45. The van der Waals surface area contributed by atoms with Gasteiger partial charge in [0, 0.05) is 18.0 Å². The lowest BCUT2D eigenvalue weighted by Crippen LogP contribution is -2.33. The number of benzene rings is 1. The Labute approximate surface area is 110 Å². The molecule has 2 unspecified atom stereocenters. The fraction of sp³-hybridized carbons (Fsp3) is 0.500. The first kappa shape index (κ1) is 13.9. The van der Waals surface area contributed by atoms with E-state index >= 15 is 0 Å². The third-order valence-corrected chi connectivity index (χ3v) is 3.56. The molecular weight excluding hydrogens is 252 g/mol. The fourth-order valence-corrected chi connectivity index (χ4v) is 2.42. The van der Waals surface area contributed by atoms with Gasteiger partial charge in [-0.2, -0.15) is 0 Å². The van der Waals surface area contributed by atoms with E-state index in [-0.39, 0.29) is 29.9 Å². The van der Waals surface area contributed by atoms with Crippen molar-refractivity contribution in [3.63, 3.8) is 0 Å². The molecule has 5 heteroatoms. The van der Waals surface area contributed by atoms with E-state index in [1.165, 1.54) is 12.1 Å². The summed E-state index contributed by atoms with van der Waals surface area (Å²) >= 11 is 0. The lowest BCUT2D eigenvalue weighted by molar-refractivity contribution is -0.120. The lowest BCUT2D eigenvalue weighted by Gasteiger charge is -2.15. The van der Waals surface area contributed by atoms with E-state index in [4.69, 9.17) is 0 Å². The van der Waals surface area contributed by atoms with Gasteiger partial charge >= 0.3 is 0 Å². The van der Waals surface area contributed by atoms with Crippen LogP contribution < -0.4 is 5.32 Å². The number of carbonyl (C=O) groups is 1. The highest BCUT2D eigenvalue weighted by Crippen LogP contribution is 2.24. The molecule has 0 radical (unpaired) electrons. The Morgan fingerprint density at radius 3 is 2.84 bits per heavy atom. The van der Waals surface area contributed by atoms with Gasteiger partial charge in [0.05, 0.1) is 12.5 Å². The van der Waals surface area contributed by atoms with E-state index in [2.05, 4.69) is 5.32 Å². The van der Waals surface area contributed by atoms with Crippen LogP contribution in [-0.4, -0.2) is 23.7 Å². The van der Waals surface area contributed by atoms with Gasteiger partial charge in [-0.3, -0.25) is 4.79 Å². The molecule has 19 heavy (non-hydrogen) atoms. The summed E-state index contributed by atoms with van der Waals surface area (Å²) in [6, 6.07) is 3.79. The zero-order chi connectivity index (χ0) is 13.8. The van der Waals surface area contributed by atoms with Gasteiger partial charge in [0.1, 0.15) is 0 Å². The molecule has 0 aromatic heterocycles. The highest BCUT2D eigenvalue weighted by molar-refractivity contribution is 5.78. The van der Waals surface area contributed by atoms with Crippen molar-refractivity contribution in [2.75, 3.05) is 6.54 Å². The molecule has 1 aliphatic carbocycles. The van der Waals surface area contributed by atoms with E-state index in [1.54, 1.807) is 0 Å². The summed E-state index contributed by atoms with van der Waals surface area (Å²) in [5, 5.41) is 12.3. The predicted octanol–water partition coefficient (Wildman–Crippen LogP) is 1.78. The number of aliphatic hydroxyl groups excluding tert-OH is 1. The van der Waals surface area contributed by atoms with Crippen LogP contribution in [-0.2, 0) is 11.2 Å². The molecule has 1 aromatic carbocycles. The van der Waals surface area contributed by atoms with Crippen molar-refractivity contribution in [3.05, 3.63) is 35.4 Å². The second-order valence-electron chi connectivity index (χ2n) is 4.95. The molecule has 2 N–H and O–H groups in total. The van der Waals surface area contributed by atoms with Gasteiger partial charge in [-0.1, -0.05) is 18.6 Å².